The van der Waals surface area contributed by atoms with Gasteiger partial charge in [-0.15, -0.1) is 0 Å². The van der Waals surface area contributed by atoms with Crippen LogP contribution in [0.15, 0.2) is 78.9 Å². The van der Waals surface area contributed by atoms with Crippen molar-refractivity contribution in [2.45, 2.75) is 19.6 Å². The SMILES string of the molecule is COc1cccc(CNCc2c(C(=O)O)n(Cc3ccccc3)c3ccccc23)c1. The van der Waals surface area contributed by atoms with E-state index >= 15 is 0 Å². The number of nitrogens with zero attached hydrogens (tertiary/aromatic N) is 1. The Hall–Kier alpha value is -3.57. The monoisotopic (exact) mass is 400 g/mol. The number of methoxy groups -OCH3 is 1. The molecule has 4 rings (SSSR count). The average molecular weight is 400 g/mol. The van der Waals surface area contributed by atoms with Crippen LogP contribution in [0.25, 0.3) is 10.9 Å². The first-order chi connectivity index (χ1) is 14.7. The lowest BCUT2D eigenvalue weighted by molar-refractivity contribution is 0.0685. The highest BCUT2D eigenvalue weighted by molar-refractivity contribution is 5.98. The molecule has 5 nitrogen and oxygen atoms in total. The molecule has 0 bridgehead atoms. The van der Waals surface area contributed by atoms with Gasteiger partial charge in [-0.05, 0) is 29.3 Å². The van der Waals surface area contributed by atoms with E-state index < -0.39 is 5.97 Å². The molecular formula is C25H24N2O3. The van der Waals surface area contributed by atoms with Crippen molar-refractivity contribution in [2.24, 2.45) is 0 Å². The third-order valence-corrected chi connectivity index (χ3v) is 5.23. The number of carboxylic acids is 1. The highest BCUT2D eigenvalue weighted by atomic mass is 16.5. The molecule has 0 aliphatic heterocycles. The predicted octanol–water partition coefficient (Wildman–Crippen LogP) is 4.69. The lowest BCUT2D eigenvalue weighted by Gasteiger charge is -2.10. The highest BCUT2D eigenvalue weighted by Crippen LogP contribution is 2.28. The van der Waals surface area contributed by atoms with E-state index in [4.69, 9.17) is 4.74 Å². The van der Waals surface area contributed by atoms with Crippen molar-refractivity contribution in [1.29, 1.82) is 0 Å². The molecule has 3 aromatic carbocycles. The van der Waals surface area contributed by atoms with E-state index in [9.17, 15) is 9.90 Å². The van der Waals surface area contributed by atoms with E-state index in [1.165, 1.54) is 0 Å². The highest BCUT2D eigenvalue weighted by Gasteiger charge is 2.22. The number of benzene rings is 3. The molecule has 2 N–H and O–H groups in total. The van der Waals surface area contributed by atoms with Crippen LogP contribution in [0.5, 0.6) is 5.75 Å². The fraction of sp³-hybridized carbons (Fsp3) is 0.160. The zero-order chi connectivity index (χ0) is 20.9. The lowest BCUT2D eigenvalue weighted by Crippen LogP contribution is -2.17. The third kappa shape index (κ3) is 4.07. The van der Waals surface area contributed by atoms with E-state index in [1.807, 2.05) is 83.4 Å². The number of rotatable bonds is 8. The molecule has 4 aromatic rings. The summed E-state index contributed by atoms with van der Waals surface area (Å²) in [4.78, 5) is 12.3. The van der Waals surface area contributed by atoms with Gasteiger partial charge in [-0.3, -0.25) is 0 Å². The first kappa shape index (κ1) is 19.7. The summed E-state index contributed by atoms with van der Waals surface area (Å²) in [5, 5.41) is 14.4. The van der Waals surface area contributed by atoms with E-state index in [0.29, 0.717) is 25.3 Å². The number of carbonyl (C=O) groups is 1. The molecule has 1 aromatic heterocycles. The van der Waals surface area contributed by atoms with Crippen molar-refractivity contribution < 1.29 is 14.6 Å². The van der Waals surface area contributed by atoms with Crippen molar-refractivity contribution in [3.63, 3.8) is 0 Å². The molecule has 0 aliphatic carbocycles. The number of carboxylic acid groups (broad SMARTS) is 1. The number of para-hydroxylation sites is 1. The molecule has 0 aliphatic rings. The number of fused-ring (bicyclic) bond motifs is 1. The van der Waals surface area contributed by atoms with Crippen LogP contribution in [0.3, 0.4) is 0 Å². The maximum Gasteiger partial charge on any atom is 0.352 e. The number of hydrogen-bond acceptors (Lipinski definition) is 3. The molecular weight excluding hydrogens is 376 g/mol. The molecule has 0 radical (unpaired) electrons. The molecule has 1 heterocycles. The zero-order valence-corrected chi connectivity index (χ0v) is 16.8. The quantitative estimate of drug-likeness (QED) is 0.451. The topological polar surface area (TPSA) is 63.5 Å². The molecule has 0 unspecified atom stereocenters. The van der Waals surface area contributed by atoms with E-state index in [2.05, 4.69) is 5.32 Å². The van der Waals surface area contributed by atoms with Crippen LogP contribution >= 0.6 is 0 Å². The number of aromatic carboxylic acids is 1. The molecule has 0 spiro atoms. The fourth-order valence-electron chi connectivity index (χ4n) is 3.84. The second-order valence-corrected chi connectivity index (χ2v) is 7.18. The number of hydrogen-bond donors (Lipinski definition) is 2. The van der Waals surface area contributed by atoms with E-state index in [1.54, 1.807) is 7.11 Å². The second kappa shape index (κ2) is 8.84. The van der Waals surface area contributed by atoms with Crippen molar-refractivity contribution in [1.82, 2.24) is 9.88 Å². The van der Waals surface area contributed by atoms with Gasteiger partial charge in [-0.1, -0.05) is 60.7 Å². The Morgan fingerprint density at radius 2 is 1.67 bits per heavy atom. The summed E-state index contributed by atoms with van der Waals surface area (Å²) in [6.07, 6.45) is 0. The minimum atomic E-state index is -0.916. The summed E-state index contributed by atoms with van der Waals surface area (Å²) < 4.78 is 7.18. The Morgan fingerprint density at radius 1 is 0.933 bits per heavy atom. The first-order valence-electron chi connectivity index (χ1n) is 9.88. The molecule has 0 amide bonds. The molecule has 0 saturated heterocycles. The molecule has 0 atom stereocenters. The van der Waals surface area contributed by atoms with Crippen LogP contribution in [0.1, 0.15) is 27.2 Å². The van der Waals surface area contributed by atoms with Crippen molar-refractivity contribution in [3.05, 3.63) is 101 Å². The molecule has 30 heavy (non-hydrogen) atoms. The van der Waals surface area contributed by atoms with Crippen molar-refractivity contribution in [3.8, 4) is 5.75 Å². The van der Waals surface area contributed by atoms with Gasteiger partial charge in [0.15, 0.2) is 0 Å². The van der Waals surface area contributed by atoms with Crippen LogP contribution in [0.4, 0.5) is 0 Å². The van der Waals surface area contributed by atoms with Crippen LogP contribution in [0, 0.1) is 0 Å². The summed E-state index contributed by atoms with van der Waals surface area (Å²) in [6.45, 7) is 1.59. The number of ether oxygens (including phenoxy) is 1. The fourth-order valence-corrected chi connectivity index (χ4v) is 3.84. The third-order valence-electron chi connectivity index (χ3n) is 5.23. The van der Waals surface area contributed by atoms with Crippen LogP contribution in [0.2, 0.25) is 0 Å². The van der Waals surface area contributed by atoms with Crippen LogP contribution in [-0.4, -0.2) is 22.8 Å². The Bertz CT molecular complexity index is 1170. The van der Waals surface area contributed by atoms with Gasteiger partial charge >= 0.3 is 5.97 Å². The number of nitrogens with one attached hydrogen (secondary N) is 1. The predicted molar refractivity (Wildman–Crippen MR) is 118 cm³/mol. The summed E-state index contributed by atoms with van der Waals surface area (Å²) in [5.74, 6) is -0.111. The Balaban J connectivity index is 1.66. The van der Waals surface area contributed by atoms with Crippen molar-refractivity contribution >= 4 is 16.9 Å². The van der Waals surface area contributed by atoms with E-state index in [-0.39, 0.29) is 0 Å². The maximum absolute atomic E-state index is 12.3. The second-order valence-electron chi connectivity index (χ2n) is 7.18. The average Bonchev–Trinajstić information content (AvgIpc) is 3.08. The standard InChI is InChI=1S/C25H24N2O3/c1-30-20-11-7-10-19(14-20)15-26-16-22-21-12-5-6-13-23(21)27(24(22)25(28)29)17-18-8-3-2-4-9-18/h2-14,26H,15-17H2,1H3,(H,28,29). The minimum absolute atomic E-state index is 0.332. The molecule has 5 heteroatoms. The molecule has 152 valence electrons. The number of aromatic nitrogens is 1. The molecule has 0 fully saturated rings. The van der Waals surface area contributed by atoms with Gasteiger partial charge in [0.25, 0.3) is 0 Å². The van der Waals surface area contributed by atoms with Gasteiger partial charge < -0.3 is 19.7 Å². The Kier molecular flexibility index (Phi) is 5.82. The smallest absolute Gasteiger partial charge is 0.352 e. The molecule has 0 saturated carbocycles. The minimum Gasteiger partial charge on any atom is -0.497 e. The van der Waals surface area contributed by atoms with Gasteiger partial charge in [0.1, 0.15) is 11.4 Å². The summed E-state index contributed by atoms with van der Waals surface area (Å²) >= 11 is 0. The summed E-state index contributed by atoms with van der Waals surface area (Å²) in [7, 11) is 1.65. The van der Waals surface area contributed by atoms with Crippen LogP contribution < -0.4 is 10.1 Å². The maximum atomic E-state index is 12.3. The first-order valence-corrected chi connectivity index (χ1v) is 9.88. The Labute approximate surface area is 175 Å². The largest absolute Gasteiger partial charge is 0.497 e. The van der Waals surface area contributed by atoms with Gasteiger partial charge in [0, 0.05) is 36.1 Å². The zero-order valence-electron chi connectivity index (χ0n) is 16.8. The summed E-state index contributed by atoms with van der Waals surface area (Å²) in [5.41, 5.74) is 4.21. The van der Waals surface area contributed by atoms with Crippen molar-refractivity contribution in [2.75, 3.05) is 7.11 Å². The van der Waals surface area contributed by atoms with Gasteiger partial charge in [-0.2, -0.15) is 0 Å². The van der Waals surface area contributed by atoms with Crippen LogP contribution in [-0.2, 0) is 19.6 Å². The van der Waals surface area contributed by atoms with Gasteiger partial charge in [0.2, 0.25) is 0 Å². The Morgan fingerprint density at radius 3 is 2.43 bits per heavy atom. The van der Waals surface area contributed by atoms with Gasteiger partial charge in [-0.25, -0.2) is 4.79 Å². The summed E-state index contributed by atoms with van der Waals surface area (Å²) in [6, 6.07) is 25.7. The van der Waals surface area contributed by atoms with E-state index in [0.717, 1.165) is 33.3 Å². The normalized spacial score (nSPS) is 11.0. The van der Waals surface area contributed by atoms with Gasteiger partial charge in [0.05, 0.1) is 7.11 Å². The lowest BCUT2D eigenvalue weighted by atomic mass is 10.1.